The van der Waals surface area contributed by atoms with Crippen molar-refractivity contribution in [1.82, 2.24) is 0 Å². The highest BCUT2D eigenvalue weighted by molar-refractivity contribution is 7.91. The molecule has 2 aromatic rings. The van der Waals surface area contributed by atoms with E-state index in [0.717, 1.165) is 5.56 Å². The van der Waals surface area contributed by atoms with E-state index in [0.29, 0.717) is 16.5 Å². The SMILES string of the molecule is C=CCS(=O)(=O)c1ccc(C)c(NC(=O)COc2ccc(Cl)cc2)c1. The summed E-state index contributed by atoms with van der Waals surface area (Å²) in [7, 11) is -3.46. The normalized spacial score (nSPS) is 11.0. The van der Waals surface area contributed by atoms with Crippen molar-refractivity contribution >= 4 is 33.0 Å². The van der Waals surface area contributed by atoms with Crippen LogP contribution in [0.5, 0.6) is 5.75 Å². The van der Waals surface area contributed by atoms with E-state index >= 15 is 0 Å². The predicted molar refractivity (Wildman–Crippen MR) is 99.0 cm³/mol. The number of carbonyl (C=O) groups is 1. The minimum absolute atomic E-state index is 0.131. The Kier molecular flexibility index (Phi) is 6.22. The minimum atomic E-state index is -3.46. The summed E-state index contributed by atoms with van der Waals surface area (Å²) in [5.74, 6) is -0.0433. The summed E-state index contributed by atoms with van der Waals surface area (Å²) in [5.41, 5.74) is 1.17. The van der Waals surface area contributed by atoms with Gasteiger partial charge in [-0.2, -0.15) is 0 Å². The molecule has 0 bridgehead atoms. The van der Waals surface area contributed by atoms with E-state index in [1.165, 1.54) is 18.2 Å². The zero-order chi connectivity index (χ0) is 18.4. The number of aryl methyl sites for hydroxylation is 1. The molecule has 0 aliphatic carbocycles. The van der Waals surface area contributed by atoms with Gasteiger partial charge in [0.25, 0.3) is 5.91 Å². The number of hydrogen-bond acceptors (Lipinski definition) is 4. The molecule has 0 aromatic heterocycles. The molecule has 0 aliphatic heterocycles. The molecular weight excluding hydrogens is 362 g/mol. The maximum absolute atomic E-state index is 12.1. The fraction of sp³-hybridized carbons (Fsp3) is 0.167. The van der Waals surface area contributed by atoms with Crippen molar-refractivity contribution in [3.05, 3.63) is 65.7 Å². The Morgan fingerprint density at radius 3 is 2.56 bits per heavy atom. The summed E-state index contributed by atoms with van der Waals surface area (Å²) in [6, 6.07) is 11.2. The molecule has 2 aromatic carbocycles. The van der Waals surface area contributed by atoms with Crippen molar-refractivity contribution in [3.8, 4) is 5.75 Å². The Labute approximate surface area is 152 Å². The lowest BCUT2D eigenvalue weighted by atomic mass is 10.2. The number of anilines is 1. The van der Waals surface area contributed by atoms with Crippen LogP contribution in [0.2, 0.25) is 5.02 Å². The number of benzene rings is 2. The van der Waals surface area contributed by atoms with Crippen molar-refractivity contribution in [1.29, 1.82) is 0 Å². The van der Waals surface area contributed by atoms with Crippen molar-refractivity contribution in [3.63, 3.8) is 0 Å². The molecule has 0 fully saturated rings. The van der Waals surface area contributed by atoms with E-state index < -0.39 is 15.7 Å². The van der Waals surface area contributed by atoms with Crippen LogP contribution in [-0.2, 0) is 14.6 Å². The van der Waals surface area contributed by atoms with Gasteiger partial charge in [-0.25, -0.2) is 8.42 Å². The molecular formula is C18H18ClNO4S. The van der Waals surface area contributed by atoms with Crippen LogP contribution in [0.4, 0.5) is 5.69 Å². The van der Waals surface area contributed by atoms with Crippen LogP contribution in [0.15, 0.2) is 60.0 Å². The van der Waals surface area contributed by atoms with Crippen molar-refractivity contribution in [2.45, 2.75) is 11.8 Å². The zero-order valence-corrected chi connectivity index (χ0v) is 15.2. The molecule has 0 saturated carbocycles. The zero-order valence-electron chi connectivity index (χ0n) is 13.7. The summed E-state index contributed by atoms with van der Waals surface area (Å²) < 4.78 is 29.6. The Morgan fingerprint density at radius 2 is 1.92 bits per heavy atom. The van der Waals surface area contributed by atoms with Gasteiger partial charge in [-0.05, 0) is 48.9 Å². The number of halogens is 1. The molecule has 0 aliphatic rings. The fourth-order valence-corrected chi connectivity index (χ4v) is 3.25. The number of hydrogen-bond donors (Lipinski definition) is 1. The van der Waals surface area contributed by atoms with Crippen LogP contribution in [0, 0.1) is 6.92 Å². The van der Waals surface area contributed by atoms with Crippen molar-refractivity contribution < 1.29 is 17.9 Å². The number of amides is 1. The third-order valence-electron chi connectivity index (χ3n) is 3.36. The number of rotatable bonds is 7. The molecule has 1 amide bonds. The van der Waals surface area contributed by atoms with Gasteiger partial charge in [0, 0.05) is 10.7 Å². The average molecular weight is 380 g/mol. The van der Waals surface area contributed by atoms with Crippen LogP contribution in [-0.4, -0.2) is 26.7 Å². The number of carbonyl (C=O) groups excluding carboxylic acids is 1. The maximum Gasteiger partial charge on any atom is 0.262 e. The molecule has 1 N–H and O–H groups in total. The highest BCUT2D eigenvalue weighted by Crippen LogP contribution is 2.21. The van der Waals surface area contributed by atoms with Crippen LogP contribution >= 0.6 is 11.6 Å². The van der Waals surface area contributed by atoms with Gasteiger partial charge < -0.3 is 10.1 Å². The first-order valence-corrected chi connectivity index (χ1v) is 9.47. The van der Waals surface area contributed by atoms with Gasteiger partial charge in [0.2, 0.25) is 0 Å². The molecule has 7 heteroatoms. The van der Waals surface area contributed by atoms with Crippen LogP contribution in [0.25, 0.3) is 0 Å². The van der Waals surface area contributed by atoms with E-state index in [9.17, 15) is 13.2 Å². The number of nitrogens with one attached hydrogen (secondary N) is 1. The summed E-state index contributed by atoms with van der Waals surface area (Å²) in [5, 5.41) is 3.24. The molecule has 132 valence electrons. The van der Waals surface area contributed by atoms with Gasteiger partial charge in [-0.3, -0.25) is 4.79 Å². The standard InChI is InChI=1S/C18H18ClNO4S/c1-3-10-25(22,23)16-9-4-13(2)17(11-16)20-18(21)12-24-15-7-5-14(19)6-8-15/h3-9,11H,1,10,12H2,2H3,(H,20,21). The second-order valence-corrected chi connectivity index (χ2v) is 7.81. The molecule has 0 saturated heterocycles. The fourth-order valence-electron chi connectivity index (χ4n) is 2.05. The van der Waals surface area contributed by atoms with Gasteiger partial charge in [0.15, 0.2) is 16.4 Å². The second kappa shape index (κ2) is 8.18. The van der Waals surface area contributed by atoms with Crippen LogP contribution < -0.4 is 10.1 Å². The van der Waals surface area contributed by atoms with E-state index in [1.807, 2.05) is 0 Å². The summed E-state index contributed by atoms with van der Waals surface area (Å²) in [6.45, 7) is 5.02. The first-order chi connectivity index (χ1) is 11.8. The van der Waals surface area contributed by atoms with Crippen LogP contribution in [0.1, 0.15) is 5.56 Å². The Morgan fingerprint density at radius 1 is 1.24 bits per heavy atom. The van der Waals surface area contributed by atoms with Crippen LogP contribution in [0.3, 0.4) is 0 Å². The molecule has 0 radical (unpaired) electrons. The third kappa shape index (κ3) is 5.34. The van der Waals surface area contributed by atoms with Gasteiger partial charge in [-0.15, -0.1) is 6.58 Å². The quantitative estimate of drug-likeness (QED) is 0.745. The monoisotopic (exact) mass is 379 g/mol. The maximum atomic E-state index is 12.1. The Bertz CT molecular complexity index is 876. The number of sulfone groups is 1. The van der Waals surface area contributed by atoms with E-state index in [4.69, 9.17) is 16.3 Å². The molecule has 5 nitrogen and oxygen atoms in total. The number of ether oxygens (including phenoxy) is 1. The summed E-state index contributed by atoms with van der Waals surface area (Å²) in [4.78, 5) is 12.2. The minimum Gasteiger partial charge on any atom is -0.484 e. The lowest BCUT2D eigenvalue weighted by Gasteiger charge is -2.11. The first kappa shape index (κ1) is 19.0. The van der Waals surface area contributed by atoms with Gasteiger partial charge in [0.1, 0.15) is 5.75 Å². The highest BCUT2D eigenvalue weighted by Gasteiger charge is 2.15. The highest BCUT2D eigenvalue weighted by atomic mass is 35.5. The molecule has 2 rings (SSSR count). The lowest BCUT2D eigenvalue weighted by Crippen LogP contribution is -2.21. The molecule has 0 spiro atoms. The van der Waals surface area contributed by atoms with Gasteiger partial charge >= 0.3 is 0 Å². The smallest absolute Gasteiger partial charge is 0.262 e. The first-order valence-electron chi connectivity index (χ1n) is 7.44. The summed E-state index contributed by atoms with van der Waals surface area (Å²) in [6.07, 6.45) is 1.33. The lowest BCUT2D eigenvalue weighted by molar-refractivity contribution is -0.118. The largest absolute Gasteiger partial charge is 0.484 e. The topological polar surface area (TPSA) is 72.5 Å². The predicted octanol–water partition coefficient (Wildman–Crippen LogP) is 3.63. The summed E-state index contributed by atoms with van der Waals surface area (Å²) >= 11 is 5.78. The van der Waals surface area contributed by atoms with E-state index in [2.05, 4.69) is 11.9 Å². The third-order valence-corrected chi connectivity index (χ3v) is 5.26. The average Bonchev–Trinajstić information content (AvgIpc) is 2.56. The Balaban J connectivity index is 2.07. The van der Waals surface area contributed by atoms with Crippen molar-refractivity contribution in [2.75, 3.05) is 17.7 Å². The van der Waals surface area contributed by atoms with Crippen molar-refractivity contribution in [2.24, 2.45) is 0 Å². The van der Waals surface area contributed by atoms with E-state index in [1.54, 1.807) is 37.3 Å². The Hall–Kier alpha value is -2.31. The molecule has 25 heavy (non-hydrogen) atoms. The van der Waals surface area contributed by atoms with E-state index in [-0.39, 0.29) is 17.3 Å². The van der Waals surface area contributed by atoms with Gasteiger partial charge in [-0.1, -0.05) is 23.7 Å². The molecule has 0 unspecified atom stereocenters. The second-order valence-electron chi connectivity index (χ2n) is 5.34. The molecule has 0 atom stereocenters. The molecule has 0 heterocycles. The van der Waals surface area contributed by atoms with Gasteiger partial charge in [0.05, 0.1) is 10.6 Å².